The van der Waals surface area contributed by atoms with E-state index < -0.39 is 11.5 Å². The van der Waals surface area contributed by atoms with Gasteiger partial charge in [0.15, 0.2) is 5.60 Å². The fourth-order valence-electron chi connectivity index (χ4n) is 2.53. The van der Waals surface area contributed by atoms with Crippen LogP contribution in [-0.4, -0.2) is 47.1 Å². The highest BCUT2D eigenvalue weighted by Crippen LogP contribution is 2.28. The van der Waals surface area contributed by atoms with Gasteiger partial charge < -0.3 is 20.5 Å². The van der Waals surface area contributed by atoms with E-state index in [9.17, 15) is 14.7 Å². The van der Waals surface area contributed by atoms with Crippen molar-refractivity contribution in [3.63, 3.8) is 0 Å². The van der Waals surface area contributed by atoms with Crippen molar-refractivity contribution in [2.24, 2.45) is 5.73 Å². The van der Waals surface area contributed by atoms with Crippen molar-refractivity contribution in [2.45, 2.75) is 25.4 Å². The fourth-order valence-corrected chi connectivity index (χ4v) is 2.69. The van der Waals surface area contributed by atoms with E-state index in [4.69, 9.17) is 22.1 Å². The summed E-state index contributed by atoms with van der Waals surface area (Å²) >= 11 is 5.92. The third-order valence-electron chi connectivity index (χ3n) is 3.69. The highest BCUT2D eigenvalue weighted by Gasteiger charge is 2.40. The average Bonchev–Trinajstić information content (AvgIpc) is 2.47. The Morgan fingerprint density at radius 1 is 1.50 bits per heavy atom. The molecule has 6 nitrogen and oxygen atoms in total. The van der Waals surface area contributed by atoms with Gasteiger partial charge in [-0.2, -0.15) is 0 Å². The van der Waals surface area contributed by atoms with Crippen molar-refractivity contribution >= 4 is 23.4 Å². The summed E-state index contributed by atoms with van der Waals surface area (Å²) in [5.74, 6) is -0.751. The highest BCUT2D eigenvalue weighted by molar-refractivity contribution is 6.30. The van der Waals surface area contributed by atoms with Gasteiger partial charge in [-0.25, -0.2) is 0 Å². The normalized spacial score (nSPS) is 21.5. The first-order valence-electron chi connectivity index (χ1n) is 7.11. The zero-order valence-corrected chi connectivity index (χ0v) is 13.1. The zero-order chi connectivity index (χ0) is 16.3. The van der Waals surface area contributed by atoms with Crippen molar-refractivity contribution in [1.82, 2.24) is 4.90 Å². The molecule has 1 saturated heterocycles. The molecule has 1 atom stereocenters. The number of carbonyl (C=O) groups is 2. The van der Waals surface area contributed by atoms with Crippen LogP contribution >= 0.6 is 11.6 Å². The van der Waals surface area contributed by atoms with Crippen molar-refractivity contribution < 1.29 is 19.4 Å². The number of rotatable bonds is 4. The summed E-state index contributed by atoms with van der Waals surface area (Å²) < 4.78 is 5.44. The number of hydrogen-bond donors (Lipinski definition) is 2. The first-order valence-corrected chi connectivity index (χ1v) is 7.49. The molecule has 0 unspecified atom stereocenters. The predicted molar refractivity (Wildman–Crippen MR) is 81.9 cm³/mol. The van der Waals surface area contributed by atoms with Gasteiger partial charge in [-0.3, -0.25) is 9.59 Å². The largest absolute Gasteiger partial charge is 0.493 e. The SMILES string of the molecule is CCOc1cc(Cl)ccc1C(=O)N1CCC[C@](O)(C(N)=O)C1. The summed E-state index contributed by atoms with van der Waals surface area (Å²) in [7, 11) is 0. The van der Waals surface area contributed by atoms with Gasteiger partial charge in [0.25, 0.3) is 11.8 Å². The minimum Gasteiger partial charge on any atom is -0.493 e. The molecule has 1 aliphatic rings. The molecule has 0 bridgehead atoms. The van der Waals surface area contributed by atoms with E-state index in [1.807, 2.05) is 6.92 Å². The molecular formula is C15H19ClN2O4. The topological polar surface area (TPSA) is 92.9 Å². The number of halogens is 1. The summed E-state index contributed by atoms with van der Waals surface area (Å²) in [4.78, 5) is 25.5. The molecular weight excluding hydrogens is 308 g/mol. The van der Waals surface area contributed by atoms with Crippen molar-refractivity contribution in [2.75, 3.05) is 19.7 Å². The van der Waals surface area contributed by atoms with Gasteiger partial charge in [0, 0.05) is 11.6 Å². The lowest BCUT2D eigenvalue weighted by Crippen LogP contribution is -2.57. The first kappa shape index (κ1) is 16.6. The molecule has 2 amide bonds. The molecule has 1 aromatic carbocycles. The zero-order valence-electron chi connectivity index (χ0n) is 12.3. The Bertz CT molecular complexity index is 593. The van der Waals surface area contributed by atoms with Crippen molar-refractivity contribution in [1.29, 1.82) is 0 Å². The molecule has 1 aromatic rings. The summed E-state index contributed by atoms with van der Waals surface area (Å²) in [5, 5.41) is 10.7. The number of primary amides is 1. The first-order chi connectivity index (χ1) is 10.4. The summed E-state index contributed by atoms with van der Waals surface area (Å²) in [6.07, 6.45) is 0.758. The number of amides is 2. The van der Waals surface area contributed by atoms with Gasteiger partial charge in [0.2, 0.25) is 0 Å². The molecule has 3 N–H and O–H groups in total. The highest BCUT2D eigenvalue weighted by atomic mass is 35.5. The smallest absolute Gasteiger partial charge is 0.257 e. The number of benzene rings is 1. The minimum atomic E-state index is -1.67. The number of nitrogens with zero attached hydrogens (tertiary/aromatic N) is 1. The molecule has 7 heteroatoms. The predicted octanol–water partition coefficient (Wildman–Crippen LogP) is 1.19. The minimum absolute atomic E-state index is 0.116. The van der Waals surface area contributed by atoms with Crippen molar-refractivity contribution in [3.8, 4) is 5.75 Å². The van der Waals surface area contributed by atoms with E-state index in [2.05, 4.69) is 0 Å². The van der Waals surface area contributed by atoms with E-state index in [1.165, 1.54) is 4.90 Å². The number of aliphatic hydroxyl groups is 1. The maximum atomic E-state index is 12.7. The Balaban J connectivity index is 2.26. The van der Waals surface area contributed by atoms with E-state index in [1.54, 1.807) is 18.2 Å². The standard InChI is InChI=1S/C15H19ClN2O4/c1-2-22-12-8-10(16)4-5-11(12)13(19)18-7-3-6-15(21,9-18)14(17)20/h4-5,8,21H,2-3,6-7,9H2,1H3,(H2,17,20)/t15-/m1/s1. The molecule has 0 aromatic heterocycles. The van der Waals surface area contributed by atoms with Crippen LogP contribution in [0.2, 0.25) is 5.02 Å². The second-order valence-electron chi connectivity index (χ2n) is 5.30. The van der Waals surface area contributed by atoms with Crippen LogP contribution in [0.5, 0.6) is 5.75 Å². The third kappa shape index (κ3) is 3.34. The summed E-state index contributed by atoms with van der Waals surface area (Å²) in [6.45, 7) is 2.53. The van der Waals surface area contributed by atoms with Crippen LogP contribution in [-0.2, 0) is 4.79 Å². The van der Waals surface area contributed by atoms with E-state index in [0.717, 1.165) is 0 Å². The second kappa shape index (κ2) is 6.54. The number of hydrogen-bond acceptors (Lipinski definition) is 4. The molecule has 0 radical (unpaired) electrons. The lowest BCUT2D eigenvalue weighted by molar-refractivity contribution is -0.140. The molecule has 2 rings (SSSR count). The van der Waals surface area contributed by atoms with Crippen LogP contribution in [0.25, 0.3) is 0 Å². The van der Waals surface area contributed by atoms with E-state index in [-0.39, 0.29) is 18.9 Å². The molecule has 120 valence electrons. The van der Waals surface area contributed by atoms with Gasteiger partial charge in [0.1, 0.15) is 5.75 Å². The molecule has 1 heterocycles. The summed E-state index contributed by atoms with van der Waals surface area (Å²) in [5.41, 5.74) is 3.90. The Morgan fingerprint density at radius 2 is 2.23 bits per heavy atom. The van der Waals surface area contributed by atoms with Gasteiger partial charge in [-0.15, -0.1) is 0 Å². The van der Waals surface area contributed by atoms with Crippen LogP contribution < -0.4 is 10.5 Å². The monoisotopic (exact) mass is 326 g/mol. The maximum absolute atomic E-state index is 12.7. The van der Waals surface area contributed by atoms with Gasteiger partial charge in [-0.05, 0) is 38.0 Å². The maximum Gasteiger partial charge on any atom is 0.257 e. The lowest BCUT2D eigenvalue weighted by Gasteiger charge is -2.37. The number of likely N-dealkylation sites (tertiary alicyclic amines) is 1. The molecule has 22 heavy (non-hydrogen) atoms. The van der Waals surface area contributed by atoms with Gasteiger partial charge in [0.05, 0.1) is 18.7 Å². The number of piperidine rings is 1. The quantitative estimate of drug-likeness (QED) is 0.869. The fraction of sp³-hybridized carbons (Fsp3) is 0.467. The molecule has 0 aliphatic carbocycles. The van der Waals surface area contributed by atoms with E-state index in [0.29, 0.717) is 35.9 Å². The number of β-amino-alcohol motifs (C(OH)–C–C–N with tert-alkyl or cyclic N) is 1. The van der Waals surface area contributed by atoms with Crippen LogP contribution in [0.4, 0.5) is 0 Å². The van der Waals surface area contributed by atoms with Crippen LogP contribution in [0.1, 0.15) is 30.1 Å². The Kier molecular flexibility index (Phi) is 4.93. The Hall–Kier alpha value is -1.79. The second-order valence-corrected chi connectivity index (χ2v) is 5.74. The van der Waals surface area contributed by atoms with Gasteiger partial charge >= 0.3 is 0 Å². The molecule has 1 fully saturated rings. The van der Waals surface area contributed by atoms with Crippen LogP contribution in [0.3, 0.4) is 0 Å². The molecule has 0 spiro atoms. The Labute approximate surface area is 133 Å². The number of carbonyl (C=O) groups excluding carboxylic acids is 2. The molecule has 1 aliphatic heterocycles. The van der Waals surface area contributed by atoms with Crippen molar-refractivity contribution in [3.05, 3.63) is 28.8 Å². The molecule has 0 saturated carbocycles. The van der Waals surface area contributed by atoms with Crippen LogP contribution in [0.15, 0.2) is 18.2 Å². The lowest BCUT2D eigenvalue weighted by atomic mass is 9.91. The average molecular weight is 327 g/mol. The van der Waals surface area contributed by atoms with Crippen LogP contribution in [0, 0.1) is 0 Å². The summed E-state index contributed by atoms with van der Waals surface area (Å²) in [6, 6.07) is 4.75. The van der Waals surface area contributed by atoms with E-state index >= 15 is 0 Å². The number of nitrogens with two attached hydrogens (primary N) is 1. The van der Waals surface area contributed by atoms with Gasteiger partial charge in [-0.1, -0.05) is 11.6 Å². The number of ether oxygens (including phenoxy) is 1. The third-order valence-corrected chi connectivity index (χ3v) is 3.93. The Morgan fingerprint density at radius 3 is 2.86 bits per heavy atom.